The highest BCUT2D eigenvalue weighted by Crippen LogP contribution is 2.19. The highest BCUT2D eigenvalue weighted by molar-refractivity contribution is 7.80. The zero-order valence-electron chi connectivity index (χ0n) is 11.8. The molecule has 1 aromatic rings. The van der Waals surface area contributed by atoms with Crippen LogP contribution >= 0.6 is 23.6 Å². The number of thiophene rings is 1. The fourth-order valence-corrected chi connectivity index (χ4v) is 2.81. The lowest BCUT2D eigenvalue weighted by molar-refractivity contribution is 0.0746. The van der Waals surface area contributed by atoms with E-state index in [9.17, 15) is 4.79 Å². The molecule has 0 spiro atoms. The Hall–Kier alpha value is -0.940. The van der Waals surface area contributed by atoms with Gasteiger partial charge in [-0.15, -0.1) is 11.3 Å². The van der Waals surface area contributed by atoms with Crippen LogP contribution in [0, 0.1) is 5.92 Å². The first-order valence-electron chi connectivity index (χ1n) is 6.60. The summed E-state index contributed by atoms with van der Waals surface area (Å²) in [5, 5.41) is 0. The molecule has 0 saturated heterocycles. The van der Waals surface area contributed by atoms with Gasteiger partial charge in [0.1, 0.15) is 0 Å². The molecule has 2 N–H and O–H groups in total. The van der Waals surface area contributed by atoms with Crippen molar-refractivity contribution in [1.82, 2.24) is 4.90 Å². The van der Waals surface area contributed by atoms with Gasteiger partial charge < -0.3 is 10.6 Å². The Balaban J connectivity index is 2.77. The van der Waals surface area contributed by atoms with Crippen molar-refractivity contribution in [3.8, 4) is 0 Å². The number of aryl methyl sites for hydroxylation is 1. The van der Waals surface area contributed by atoms with Crippen LogP contribution in [0.2, 0.25) is 0 Å². The molecule has 0 saturated carbocycles. The molecule has 1 amide bonds. The van der Waals surface area contributed by atoms with Crippen LogP contribution in [-0.4, -0.2) is 28.9 Å². The van der Waals surface area contributed by atoms with Crippen LogP contribution in [0.5, 0.6) is 0 Å². The van der Waals surface area contributed by atoms with Crippen LogP contribution in [0.15, 0.2) is 12.1 Å². The topological polar surface area (TPSA) is 46.3 Å². The van der Waals surface area contributed by atoms with E-state index >= 15 is 0 Å². The monoisotopic (exact) mass is 298 g/mol. The molecule has 0 unspecified atom stereocenters. The lowest BCUT2D eigenvalue weighted by Gasteiger charge is -2.23. The van der Waals surface area contributed by atoms with Crippen LogP contribution in [0.1, 0.15) is 41.7 Å². The van der Waals surface area contributed by atoms with E-state index in [-0.39, 0.29) is 5.91 Å². The normalized spacial score (nSPS) is 10.7. The van der Waals surface area contributed by atoms with Gasteiger partial charge in [-0.2, -0.15) is 0 Å². The first kappa shape index (κ1) is 16.1. The molecule has 0 atom stereocenters. The zero-order chi connectivity index (χ0) is 14.4. The van der Waals surface area contributed by atoms with Crippen LogP contribution in [0.25, 0.3) is 0 Å². The van der Waals surface area contributed by atoms with Crippen molar-refractivity contribution in [2.45, 2.75) is 33.6 Å². The van der Waals surface area contributed by atoms with E-state index in [4.69, 9.17) is 18.0 Å². The molecule has 19 heavy (non-hydrogen) atoms. The number of thiocarbonyl (C=S) groups is 1. The average Bonchev–Trinajstić information content (AvgIpc) is 2.81. The summed E-state index contributed by atoms with van der Waals surface area (Å²) in [7, 11) is 0. The summed E-state index contributed by atoms with van der Waals surface area (Å²) in [6, 6.07) is 3.94. The van der Waals surface area contributed by atoms with Crippen LogP contribution in [-0.2, 0) is 6.42 Å². The van der Waals surface area contributed by atoms with Gasteiger partial charge in [0.25, 0.3) is 5.91 Å². The van der Waals surface area contributed by atoms with Gasteiger partial charge in [-0.3, -0.25) is 4.79 Å². The quantitative estimate of drug-likeness (QED) is 0.787. The van der Waals surface area contributed by atoms with E-state index in [1.807, 2.05) is 17.0 Å². The Morgan fingerprint density at radius 1 is 1.47 bits per heavy atom. The summed E-state index contributed by atoms with van der Waals surface area (Å²) in [5.74, 6) is 0.524. The van der Waals surface area contributed by atoms with Crippen molar-refractivity contribution in [3.63, 3.8) is 0 Å². The minimum Gasteiger partial charge on any atom is -0.393 e. The minimum absolute atomic E-state index is 0.0923. The number of nitrogens with zero attached hydrogens (tertiary/aromatic N) is 1. The molecule has 0 radical (unpaired) electrons. The average molecular weight is 298 g/mol. The molecule has 3 nitrogen and oxygen atoms in total. The van der Waals surface area contributed by atoms with E-state index in [1.54, 1.807) is 11.3 Å². The van der Waals surface area contributed by atoms with Gasteiger partial charge in [0, 0.05) is 24.4 Å². The lowest BCUT2D eigenvalue weighted by atomic mass is 10.2. The second-order valence-electron chi connectivity index (χ2n) is 4.98. The van der Waals surface area contributed by atoms with Crippen LogP contribution in [0.4, 0.5) is 0 Å². The fraction of sp³-hybridized carbons (Fsp3) is 0.571. The minimum atomic E-state index is 0.0923. The van der Waals surface area contributed by atoms with E-state index < -0.39 is 0 Å². The SMILES string of the molecule is CCc1ccc(C(=O)N(CCC(N)=S)CC(C)C)s1. The number of carbonyl (C=O) groups excluding carboxylic acids is 1. The molecule has 0 aliphatic carbocycles. The van der Waals surface area contributed by atoms with Crippen molar-refractivity contribution < 1.29 is 4.79 Å². The Bertz CT molecular complexity index is 440. The van der Waals surface area contributed by atoms with Crippen molar-refractivity contribution in [3.05, 3.63) is 21.9 Å². The number of carbonyl (C=O) groups is 1. The molecule has 0 aromatic carbocycles. The van der Waals surface area contributed by atoms with Crippen molar-refractivity contribution >= 4 is 34.5 Å². The maximum atomic E-state index is 12.5. The van der Waals surface area contributed by atoms with Gasteiger partial charge in [-0.25, -0.2) is 0 Å². The van der Waals surface area contributed by atoms with Gasteiger partial charge in [0.2, 0.25) is 0 Å². The molecular formula is C14H22N2OS2. The molecule has 0 aliphatic rings. The van der Waals surface area contributed by atoms with Gasteiger partial charge in [-0.1, -0.05) is 33.0 Å². The predicted octanol–water partition coefficient (Wildman–Crippen LogP) is 3.08. The second-order valence-corrected chi connectivity index (χ2v) is 6.67. The third kappa shape index (κ3) is 5.28. The maximum Gasteiger partial charge on any atom is 0.263 e. The molecule has 0 bridgehead atoms. The van der Waals surface area contributed by atoms with E-state index in [0.29, 0.717) is 23.9 Å². The first-order valence-corrected chi connectivity index (χ1v) is 7.82. The first-order chi connectivity index (χ1) is 8.93. The molecule has 106 valence electrons. The zero-order valence-corrected chi connectivity index (χ0v) is 13.4. The Morgan fingerprint density at radius 2 is 2.16 bits per heavy atom. The summed E-state index contributed by atoms with van der Waals surface area (Å²) in [6.45, 7) is 7.64. The number of rotatable bonds is 7. The summed E-state index contributed by atoms with van der Waals surface area (Å²) < 4.78 is 0. The molecule has 0 fully saturated rings. The molecule has 1 heterocycles. The van der Waals surface area contributed by atoms with Gasteiger partial charge >= 0.3 is 0 Å². The molecule has 1 rings (SSSR count). The third-order valence-electron chi connectivity index (χ3n) is 2.72. The number of nitrogens with two attached hydrogens (primary N) is 1. The number of amides is 1. The van der Waals surface area contributed by atoms with E-state index in [2.05, 4.69) is 20.8 Å². The largest absolute Gasteiger partial charge is 0.393 e. The summed E-state index contributed by atoms with van der Waals surface area (Å²) >= 11 is 6.47. The van der Waals surface area contributed by atoms with Crippen molar-refractivity contribution in [2.24, 2.45) is 11.7 Å². The van der Waals surface area contributed by atoms with Crippen LogP contribution in [0.3, 0.4) is 0 Å². The van der Waals surface area contributed by atoms with Gasteiger partial charge in [-0.05, 0) is 24.5 Å². The fourth-order valence-electron chi connectivity index (χ4n) is 1.80. The Kier molecular flexibility index (Phi) is 6.45. The highest BCUT2D eigenvalue weighted by atomic mass is 32.1. The van der Waals surface area contributed by atoms with Crippen LogP contribution < -0.4 is 5.73 Å². The summed E-state index contributed by atoms with van der Waals surface area (Å²) in [5.41, 5.74) is 5.53. The van der Waals surface area contributed by atoms with Crippen molar-refractivity contribution in [1.29, 1.82) is 0 Å². The lowest BCUT2D eigenvalue weighted by Crippen LogP contribution is -2.36. The molecule has 0 aliphatic heterocycles. The van der Waals surface area contributed by atoms with Gasteiger partial charge in [0.05, 0.1) is 9.87 Å². The standard InChI is InChI=1S/C14H22N2OS2/c1-4-11-5-6-12(19-11)14(17)16(9-10(2)3)8-7-13(15)18/h5-6,10H,4,7-9H2,1-3H3,(H2,15,18). The van der Waals surface area contributed by atoms with Gasteiger partial charge in [0.15, 0.2) is 0 Å². The van der Waals surface area contributed by atoms with E-state index in [1.165, 1.54) is 4.88 Å². The third-order valence-corrected chi connectivity index (χ3v) is 4.14. The molecule has 1 aromatic heterocycles. The van der Waals surface area contributed by atoms with E-state index in [0.717, 1.165) is 17.8 Å². The summed E-state index contributed by atoms with van der Waals surface area (Å²) in [6.07, 6.45) is 1.55. The smallest absolute Gasteiger partial charge is 0.263 e. The highest BCUT2D eigenvalue weighted by Gasteiger charge is 2.18. The van der Waals surface area contributed by atoms with Crippen molar-refractivity contribution in [2.75, 3.05) is 13.1 Å². The maximum absolute atomic E-state index is 12.5. The molecule has 5 heteroatoms. The number of hydrogen-bond acceptors (Lipinski definition) is 3. The predicted molar refractivity (Wildman–Crippen MR) is 85.8 cm³/mol. The molecular weight excluding hydrogens is 276 g/mol. The number of hydrogen-bond donors (Lipinski definition) is 1. The second kappa shape index (κ2) is 7.60. The Labute approximate surface area is 124 Å². The Morgan fingerprint density at radius 3 is 2.63 bits per heavy atom. The summed E-state index contributed by atoms with van der Waals surface area (Å²) in [4.78, 5) is 16.8.